The molecule has 0 bridgehead atoms. The van der Waals surface area contributed by atoms with Gasteiger partial charge < -0.3 is 0 Å². The zero-order valence-corrected chi connectivity index (χ0v) is 13.2. The van der Waals surface area contributed by atoms with E-state index in [9.17, 15) is 13.2 Å². The maximum absolute atomic E-state index is 13.5. The van der Waals surface area contributed by atoms with E-state index in [0.29, 0.717) is 18.7 Å². The van der Waals surface area contributed by atoms with Crippen LogP contribution in [0, 0.1) is 5.92 Å². The highest BCUT2D eigenvalue weighted by molar-refractivity contribution is 6.09. The van der Waals surface area contributed by atoms with Gasteiger partial charge in [0, 0.05) is 30.2 Å². The molecule has 1 aliphatic carbocycles. The first kappa shape index (κ1) is 15.4. The summed E-state index contributed by atoms with van der Waals surface area (Å²) in [6, 6.07) is 2.27. The van der Waals surface area contributed by atoms with Gasteiger partial charge in [-0.1, -0.05) is 0 Å². The van der Waals surface area contributed by atoms with Crippen LogP contribution >= 0.6 is 0 Å². The Morgan fingerprint density at radius 3 is 2.71 bits per heavy atom. The molecule has 1 saturated carbocycles. The van der Waals surface area contributed by atoms with Crippen LogP contribution < -0.4 is 0 Å². The van der Waals surface area contributed by atoms with Crippen LogP contribution in [0.15, 0.2) is 53.2 Å². The number of pyridine rings is 1. The van der Waals surface area contributed by atoms with Crippen molar-refractivity contribution < 1.29 is 13.2 Å². The lowest BCUT2D eigenvalue weighted by Gasteiger charge is -2.39. The third-order valence-corrected chi connectivity index (χ3v) is 4.53. The van der Waals surface area contributed by atoms with Crippen LogP contribution in [0.2, 0.25) is 0 Å². The van der Waals surface area contributed by atoms with Crippen LogP contribution in [0.3, 0.4) is 0 Å². The number of hydrogen-bond donors (Lipinski definition) is 0. The molecule has 0 N–H and O–H groups in total. The normalized spacial score (nSPS) is 22.7. The summed E-state index contributed by atoms with van der Waals surface area (Å²) in [5.74, 6) is 0.248. The Balaban J connectivity index is 1.65. The molecule has 0 aromatic carbocycles. The fraction of sp³-hybridized carbons (Fsp3) is 0.412. The molecule has 0 radical (unpaired) electrons. The number of rotatable bonds is 3. The summed E-state index contributed by atoms with van der Waals surface area (Å²) in [5.41, 5.74) is 2.31. The largest absolute Gasteiger partial charge is 0.406 e. The molecule has 0 spiro atoms. The number of halogens is 3. The minimum absolute atomic E-state index is 0.227. The molecule has 1 unspecified atom stereocenters. The van der Waals surface area contributed by atoms with Crippen molar-refractivity contribution in [1.82, 2.24) is 15.0 Å². The molecule has 3 aliphatic rings. The van der Waals surface area contributed by atoms with E-state index in [0.717, 1.165) is 17.0 Å². The predicted molar refractivity (Wildman–Crippen MR) is 83.7 cm³/mol. The number of aromatic nitrogens is 1. The number of hydrazine groups is 1. The second-order valence-electron chi connectivity index (χ2n) is 6.34. The van der Waals surface area contributed by atoms with Crippen LogP contribution in [0.5, 0.6) is 0 Å². The van der Waals surface area contributed by atoms with E-state index in [1.807, 2.05) is 25.1 Å². The summed E-state index contributed by atoms with van der Waals surface area (Å²) in [5, 5.41) is 3.01. The molecule has 24 heavy (non-hydrogen) atoms. The molecule has 1 aromatic rings. The Hall–Kier alpha value is -2.15. The molecule has 1 fully saturated rings. The van der Waals surface area contributed by atoms with Crippen LogP contribution in [-0.4, -0.2) is 39.5 Å². The van der Waals surface area contributed by atoms with Crippen LogP contribution in [-0.2, 0) is 0 Å². The highest BCUT2D eigenvalue weighted by atomic mass is 19.4. The van der Waals surface area contributed by atoms with Gasteiger partial charge in [0.1, 0.15) is 11.9 Å². The summed E-state index contributed by atoms with van der Waals surface area (Å²) < 4.78 is 40.6. The van der Waals surface area contributed by atoms with Crippen LogP contribution in [0.4, 0.5) is 13.2 Å². The number of allylic oxidation sites excluding steroid dienone is 2. The van der Waals surface area contributed by atoms with Gasteiger partial charge in [0.2, 0.25) is 0 Å². The molecule has 2 aliphatic heterocycles. The van der Waals surface area contributed by atoms with E-state index in [1.54, 1.807) is 23.5 Å². The lowest BCUT2D eigenvalue weighted by molar-refractivity contribution is -0.212. The molecule has 126 valence electrons. The van der Waals surface area contributed by atoms with Crippen molar-refractivity contribution in [2.75, 3.05) is 6.54 Å². The Bertz CT molecular complexity index is 732. The van der Waals surface area contributed by atoms with Crippen LogP contribution in [0.25, 0.3) is 0 Å². The molecular formula is C17H17F3N4. The quantitative estimate of drug-likeness (QED) is 0.848. The highest BCUT2D eigenvalue weighted by Crippen LogP contribution is 2.46. The Morgan fingerprint density at radius 1 is 1.29 bits per heavy atom. The number of nitrogens with zero attached hydrogens (tertiary/aromatic N) is 4. The fourth-order valence-electron chi connectivity index (χ4n) is 3.36. The molecule has 3 heterocycles. The lowest BCUT2D eigenvalue weighted by Crippen LogP contribution is -2.52. The first-order valence-electron chi connectivity index (χ1n) is 7.96. The number of aliphatic imine (C=N–C) groups is 1. The third-order valence-electron chi connectivity index (χ3n) is 4.53. The van der Waals surface area contributed by atoms with Crippen molar-refractivity contribution in [3.8, 4) is 0 Å². The molecule has 7 heteroatoms. The average Bonchev–Trinajstić information content (AvgIpc) is 3.26. The van der Waals surface area contributed by atoms with E-state index in [-0.39, 0.29) is 12.5 Å². The summed E-state index contributed by atoms with van der Waals surface area (Å²) in [4.78, 5) is 8.61. The SMILES string of the molecule is CC1=CC(c2cccnc2)=NC2=CCN(C(C3CC3)C(F)(F)F)N12. The third kappa shape index (κ3) is 2.62. The first-order chi connectivity index (χ1) is 11.4. The van der Waals surface area contributed by atoms with Crippen molar-refractivity contribution in [1.29, 1.82) is 0 Å². The molecule has 1 atom stereocenters. The second kappa shape index (κ2) is 5.44. The van der Waals surface area contributed by atoms with Gasteiger partial charge >= 0.3 is 6.18 Å². The smallest absolute Gasteiger partial charge is 0.264 e. The molecule has 0 amide bonds. The van der Waals surface area contributed by atoms with E-state index >= 15 is 0 Å². The van der Waals surface area contributed by atoms with Gasteiger partial charge in [-0.15, -0.1) is 0 Å². The zero-order chi connectivity index (χ0) is 16.9. The second-order valence-corrected chi connectivity index (χ2v) is 6.34. The number of fused-ring (bicyclic) bond motifs is 1. The van der Waals surface area contributed by atoms with E-state index < -0.39 is 12.2 Å². The Morgan fingerprint density at radius 2 is 2.08 bits per heavy atom. The average molecular weight is 334 g/mol. The summed E-state index contributed by atoms with van der Waals surface area (Å²) in [7, 11) is 0. The van der Waals surface area contributed by atoms with Gasteiger partial charge in [-0.3, -0.25) is 9.99 Å². The van der Waals surface area contributed by atoms with Crippen molar-refractivity contribution in [3.05, 3.63) is 53.8 Å². The van der Waals surface area contributed by atoms with Gasteiger partial charge in [-0.2, -0.15) is 18.2 Å². The Labute approximate surface area is 138 Å². The molecule has 0 saturated heterocycles. The fourth-order valence-corrected chi connectivity index (χ4v) is 3.36. The summed E-state index contributed by atoms with van der Waals surface area (Å²) in [6.07, 6.45) is 3.98. The standard InChI is InChI=1S/C17H17F3N4/c1-11-9-14(13-3-2-7-21-10-13)22-15-6-8-23(24(11)15)16(12-4-5-12)17(18,19)20/h2-3,6-7,9-10,12,16H,4-5,8H2,1H3. The predicted octanol–water partition coefficient (Wildman–Crippen LogP) is 3.50. The molecule has 4 rings (SSSR count). The van der Waals surface area contributed by atoms with E-state index in [1.165, 1.54) is 5.01 Å². The number of hydrogen-bond acceptors (Lipinski definition) is 4. The first-order valence-corrected chi connectivity index (χ1v) is 7.96. The van der Waals surface area contributed by atoms with Gasteiger partial charge in [0.15, 0.2) is 0 Å². The van der Waals surface area contributed by atoms with Gasteiger partial charge in [-0.25, -0.2) is 4.99 Å². The van der Waals surface area contributed by atoms with Crippen LogP contribution in [0.1, 0.15) is 25.3 Å². The minimum atomic E-state index is -4.24. The van der Waals surface area contributed by atoms with Gasteiger partial charge in [-0.05, 0) is 50.0 Å². The van der Waals surface area contributed by atoms with Gasteiger partial charge in [0.05, 0.1) is 5.71 Å². The van der Waals surface area contributed by atoms with Crippen molar-refractivity contribution in [2.24, 2.45) is 10.9 Å². The maximum Gasteiger partial charge on any atom is 0.406 e. The van der Waals surface area contributed by atoms with Gasteiger partial charge in [0.25, 0.3) is 0 Å². The maximum atomic E-state index is 13.5. The molecule has 1 aromatic heterocycles. The lowest BCUT2D eigenvalue weighted by atomic mass is 10.1. The highest BCUT2D eigenvalue weighted by Gasteiger charge is 2.54. The van der Waals surface area contributed by atoms with Crippen molar-refractivity contribution in [3.63, 3.8) is 0 Å². The van der Waals surface area contributed by atoms with E-state index in [4.69, 9.17) is 0 Å². The number of alkyl halides is 3. The minimum Gasteiger partial charge on any atom is -0.264 e. The summed E-state index contributed by atoms with van der Waals surface area (Å²) >= 11 is 0. The monoisotopic (exact) mass is 334 g/mol. The Kier molecular flexibility index (Phi) is 3.49. The molecule has 4 nitrogen and oxygen atoms in total. The molecular weight excluding hydrogens is 317 g/mol. The zero-order valence-electron chi connectivity index (χ0n) is 13.2. The van der Waals surface area contributed by atoms with Crippen molar-refractivity contribution >= 4 is 5.71 Å². The van der Waals surface area contributed by atoms with Crippen molar-refractivity contribution in [2.45, 2.75) is 32.0 Å². The summed E-state index contributed by atoms with van der Waals surface area (Å²) in [6.45, 7) is 2.04. The van der Waals surface area contributed by atoms with E-state index in [2.05, 4.69) is 9.98 Å². The topological polar surface area (TPSA) is 31.7 Å².